The molecule has 0 radical (unpaired) electrons. The van der Waals surface area contributed by atoms with Gasteiger partial charge in [-0.3, -0.25) is 4.79 Å². The SMILES string of the molecule is O=C(NCCc1cccs1)C1CC(c2ccccc2Cl)NN1. The van der Waals surface area contributed by atoms with Gasteiger partial charge in [-0.1, -0.05) is 35.9 Å². The van der Waals surface area contributed by atoms with Crippen molar-refractivity contribution >= 4 is 28.8 Å². The summed E-state index contributed by atoms with van der Waals surface area (Å²) in [6.07, 6.45) is 1.56. The number of thiophene rings is 1. The molecule has 1 saturated heterocycles. The first kappa shape index (κ1) is 15.5. The zero-order chi connectivity index (χ0) is 15.4. The Labute approximate surface area is 138 Å². The summed E-state index contributed by atoms with van der Waals surface area (Å²) in [7, 11) is 0. The number of benzene rings is 1. The largest absolute Gasteiger partial charge is 0.354 e. The van der Waals surface area contributed by atoms with Crippen LogP contribution in [-0.4, -0.2) is 18.5 Å². The highest BCUT2D eigenvalue weighted by atomic mass is 35.5. The monoisotopic (exact) mass is 335 g/mol. The van der Waals surface area contributed by atoms with Crippen LogP contribution < -0.4 is 16.2 Å². The zero-order valence-corrected chi connectivity index (χ0v) is 13.6. The third kappa shape index (κ3) is 3.67. The highest BCUT2D eigenvalue weighted by Crippen LogP contribution is 2.28. The number of hydrogen-bond donors (Lipinski definition) is 3. The maximum absolute atomic E-state index is 12.2. The molecule has 1 aliphatic heterocycles. The van der Waals surface area contributed by atoms with Gasteiger partial charge >= 0.3 is 0 Å². The molecule has 1 fully saturated rings. The van der Waals surface area contributed by atoms with E-state index >= 15 is 0 Å². The number of nitrogens with one attached hydrogen (secondary N) is 3. The Morgan fingerprint density at radius 1 is 1.27 bits per heavy atom. The molecule has 0 bridgehead atoms. The zero-order valence-electron chi connectivity index (χ0n) is 12.0. The Balaban J connectivity index is 1.49. The number of carbonyl (C=O) groups excluding carboxylic acids is 1. The van der Waals surface area contributed by atoms with Crippen molar-refractivity contribution in [1.29, 1.82) is 0 Å². The van der Waals surface area contributed by atoms with Crippen molar-refractivity contribution in [3.8, 4) is 0 Å². The second-order valence-corrected chi connectivity index (χ2v) is 6.71. The summed E-state index contributed by atoms with van der Waals surface area (Å²) in [6, 6.07) is 11.6. The molecule has 3 N–H and O–H groups in total. The molecule has 1 aromatic carbocycles. The van der Waals surface area contributed by atoms with E-state index in [0.717, 1.165) is 17.0 Å². The molecule has 0 spiro atoms. The number of carbonyl (C=O) groups is 1. The molecular formula is C16H18ClN3OS. The second kappa shape index (κ2) is 7.24. The van der Waals surface area contributed by atoms with Gasteiger partial charge in [-0.2, -0.15) is 0 Å². The molecule has 2 aromatic rings. The fourth-order valence-corrected chi connectivity index (χ4v) is 3.55. The van der Waals surface area contributed by atoms with Crippen molar-refractivity contribution < 1.29 is 4.79 Å². The van der Waals surface area contributed by atoms with Gasteiger partial charge in [-0.05, 0) is 35.9 Å². The minimum atomic E-state index is -0.232. The first-order valence-electron chi connectivity index (χ1n) is 7.29. The third-order valence-electron chi connectivity index (χ3n) is 3.75. The summed E-state index contributed by atoms with van der Waals surface area (Å²) < 4.78 is 0. The van der Waals surface area contributed by atoms with Gasteiger partial charge in [-0.25, -0.2) is 10.9 Å². The van der Waals surface area contributed by atoms with Crippen LogP contribution in [0.3, 0.4) is 0 Å². The Hall–Kier alpha value is -1.40. The number of halogens is 1. The van der Waals surface area contributed by atoms with E-state index in [1.807, 2.05) is 35.7 Å². The first-order valence-corrected chi connectivity index (χ1v) is 8.55. The van der Waals surface area contributed by atoms with Crippen LogP contribution in [0, 0.1) is 0 Å². The van der Waals surface area contributed by atoms with E-state index in [9.17, 15) is 4.79 Å². The number of hydrogen-bond acceptors (Lipinski definition) is 4. The van der Waals surface area contributed by atoms with Gasteiger partial charge in [0.25, 0.3) is 0 Å². The lowest BCUT2D eigenvalue weighted by molar-refractivity contribution is -0.122. The molecule has 0 aliphatic carbocycles. The van der Waals surface area contributed by atoms with Crippen molar-refractivity contribution in [2.75, 3.05) is 6.54 Å². The molecule has 2 heterocycles. The summed E-state index contributed by atoms with van der Waals surface area (Å²) in [6.45, 7) is 0.661. The smallest absolute Gasteiger partial charge is 0.238 e. The summed E-state index contributed by atoms with van der Waals surface area (Å²) in [4.78, 5) is 13.5. The van der Waals surface area contributed by atoms with Crippen LogP contribution in [0.1, 0.15) is 22.9 Å². The van der Waals surface area contributed by atoms with Gasteiger partial charge in [0.05, 0.1) is 0 Å². The molecule has 4 nitrogen and oxygen atoms in total. The third-order valence-corrected chi connectivity index (χ3v) is 5.03. The lowest BCUT2D eigenvalue weighted by Crippen LogP contribution is -2.43. The van der Waals surface area contributed by atoms with E-state index in [1.165, 1.54) is 4.88 Å². The molecule has 1 aromatic heterocycles. The Morgan fingerprint density at radius 2 is 2.14 bits per heavy atom. The van der Waals surface area contributed by atoms with E-state index in [4.69, 9.17) is 11.6 Å². The summed E-state index contributed by atoms with van der Waals surface area (Å²) in [5, 5.41) is 5.75. The highest BCUT2D eigenvalue weighted by Gasteiger charge is 2.30. The number of rotatable bonds is 5. The lowest BCUT2D eigenvalue weighted by Gasteiger charge is -2.11. The Bertz CT molecular complexity index is 632. The van der Waals surface area contributed by atoms with Gasteiger partial charge in [0.15, 0.2) is 0 Å². The lowest BCUT2D eigenvalue weighted by atomic mass is 10.0. The fourth-order valence-electron chi connectivity index (χ4n) is 2.58. The van der Waals surface area contributed by atoms with Crippen LogP contribution >= 0.6 is 22.9 Å². The molecule has 0 saturated carbocycles. The molecule has 2 unspecified atom stereocenters. The predicted molar refractivity (Wildman–Crippen MR) is 89.9 cm³/mol. The van der Waals surface area contributed by atoms with Crippen LogP contribution in [0.2, 0.25) is 5.02 Å². The minimum Gasteiger partial charge on any atom is -0.354 e. The first-order chi connectivity index (χ1) is 10.7. The van der Waals surface area contributed by atoms with Crippen molar-refractivity contribution in [1.82, 2.24) is 16.2 Å². The second-order valence-electron chi connectivity index (χ2n) is 5.27. The predicted octanol–water partition coefficient (Wildman–Crippen LogP) is 2.67. The molecule has 1 aliphatic rings. The summed E-state index contributed by atoms with van der Waals surface area (Å²) in [5.74, 6) is 0.0265. The number of amides is 1. The van der Waals surface area contributed by atoms with Crippen LogP contribution in [0.5, 0.6) is 0 Å². The van der Waals surface area contributed by atoms with Gasteiger partial charge in [-0.15, -0.1) is 11.3 Å². The minimum absolute atomic E-state index is 0.0265. The molecule has 116 valence electrons. The summed E-state index contributed by atoms with van der Waals surface area (Å²) >= 11 is 7.92. The van der Waals surface area contributed by atoms with Crippen molar-refractivity contribution in [3.63, 3.8) is 0 Å². The average Bonchev–Trinajstić information content (AvgIpc) is 3.19. The summed E-state index contributed by atoms with van der Waals surface area (Å²) in [5.41, 5.74) is 7.23. The van der Waals surface area contributed by atoms with Gasteiger partial charge < -0.3 is 5.32 Å². The maximum atomic E-state index is 12.2. The van der Waals surface area contributed by atoms with Crippen molar-refractivity contribution in [2.24, 2.45) is 0 Å². The molecule has 6 heteroatoms. The molecule has 3 rings (SSSR count). The number of hydrazine groups is 1. The van der Waals surface area contributed by atoms with Gasteiger partial charge in [0.1, 0.15) is 6.04 Å². The van der Waals surface area contributed by atoms with Gasteiger partial charge in [0, 0.05) is 22.5 Å². The van der Waals surface area contributed by atoms with Gasteiger partial charge in [0.2, 0.25) is 5.91 Å². The van der Waals surface area contributed by atoms with Crippen molar-refractivity contribution in [2.45, 2.75) is 24.9 Å². The van der Waals surface area contributed by atoms with E-state index in [0.29, 0.717) is 13.0 Å². The van der Waals surface area contributed by atoms with Crippen LogP contribution in [-0.2, 0) is 11.2 Å². The molecule has 1 amide bonds. The van der Waals surface area contributed by atoms with Crippen molar-refractivity contribution in [3.05, 3.63) is 57.2 Å². The van der Waals surface area contributed by atoms with E-state index in [-0.39, 0.29) is 18.0 Å². The van der Waals surface area contributed by atoms with E-state index in [1.54, 1.807) is 11.3 Å². The van der Waals surface area contributed by atoms with Crippen LogP contribution in [0.25, 0.3) is 0 Å². The highest BCUT2D eigenvalue weighted by molar-refractivity contribution is 7.09. The van der Waals surface area contributed by atoms with E-state index in [2.05, 4.69) is 22.2 Å². The molecular weight excluding hydrogens is 318 g/mol. The maximum Gasteiger partial charge on any atom is 0.238 e. The normalized spacial score (nSPS) is 21.0. The Kier molecular flexibility index (Phi) is 5.10. The van der Waals surface area contributed by atoms with Crippen LogP contribution in [0.4, 0.5) is 0 Å². The average molecular weight is 336 g/mol. The van der Waals surface area contributed by atoms with E-state index < -0.39 is 0 Å². The van der Waals surface area contributed by atoms with Crippen LogP contribution in [0.15, 0.2) is 41.8 Å². The quantitative estimate of drug-likeness (QED) is 0.787. The standard InChI is InChI=1S/C16H18ClN3OS/c17-13-6-2-1-5-12(13)14-10-15(20-19-14)16(21)18-8-7-11-4-3-9-22-11/h1-6,9,14-15,19-20H,7-8,10H2,(H,18,21). The topological polar surface area (TPSA) is 53.2 Å². The molecule has 2 atom stereocenters. The molecule has 22 heavy (non-hydrogen) atoms. The fraction of sp³-hybridized carbons (Fsp3) is 0.312. The Morgan fingerprint density at radius 3 is 2.91 bits per heavy atom.